The zero-order valence-corrected chi connectivity index (χ0v) is 13.1. The number of rotatable bonds is 9. The lowest BCUT2D eigenvalue weighted by Gasteiger charge is -2.10. The number of nitro groups is 1. The summed E-state index contributed by atoms with van der Waals surface area (Å²) in [5, 5.41) is 16.9. The van der Waals surface area contributed by atoms with E-state index < -0.39 is 14.8 Å². The first-order chi connectivity index (χ1) is 9.88. The SMILES string of the molecule is CCCNc1cc(NCCS(=O)(=O)CC)cc([N+](=O)[O-])c1. The molecule has 0 amide bonds. The van der Waals surface area contributed by atoms with Gasteiger partial charge in [-0.1, -0.05) is 13.8 Å². The molecular formula is C13H21N3O4S. The number of benzene rings is 1. The molecule has 0 radical (unpaired) electrons. The Morgan fingerprint density at radius 2 is 1.67 bits per heavy atom. The van der Waals surface area contributed by atoms with Gasteiger partial charge in [-0.25, -0.2) is 8.42 Å². The van der Waals surface area contributed by atoms with E-state index in [9.17, 15) is 18.5 Å². The Labute approximate surface area is 124 Å². The van der Waals surface area contributed by atoms with Crippen molar-refractivity contribution in [2.45, 2.75) is 20.3 Å². The minimum Gasteiger partial charge on any atom is -0.385 e. The molecule has 0 aromatic heterocycles. The van der Waals surface area contributed by atoms with Crippen LogP contribution in [-0.2, 0) is 9.84 Å². The van der Waals surface area contributed by atoms with Crippen molar-refractivity contribution < 1.29 is 13.3 Å². The van der Waals surface area contributed by atoms with Crippen molar-refractivity contribution in [3.63, 3.8) is 0 Å². The summed E-state index contributed by atoms with van der Waals surface area (Å²) in [5.41, 5.74) is 1.15. The van der Waals surface area contributed by atoms with E-state index in [4.69, 9.17) is 0 Å². The van der Waals surface area contributed by atoms with E-state index in [0.717, 1.165) is 6.42 Å². The molecule has 0 heterocycles. The summed E-state index contributed by atoms with van der Waals surface area (Å²) in [6.45, 7) is 4.53. The molecule has 8 heteroatoms. The molecule has 0 atom stereocenters. The molecular weight excluding hydrogens is 294 g/mol. The summed E-state index contributed by atoms with van der Waals surface area (Å²) in [4.78, 5) is 10.4. The Balaban J connectivity index is 2.80. The van der Waals surface area contributed by atoms with E-state index in [0.29, 0.717) is 17.9 Å². The van der Waals surface area contributed by atoms with Crippen molar-refractivity contribution in [3.8, 4) is 0 Å². The van der Waals surface area contributed by atoms with Crippen LogP contribution in [0.2, 0.25) is 0 Å². The number of nitrogens with one attached hydrogen (secondary N) is 2. The number of hydrogen-bond acceptors (Lipinski definition) is 6. The predicted octanol–water partition coefficient (Wildman–Crippen LogP) is 2.26. The van der Waals surface area contributed by atoms with Crippen LogP contribution in [0.15, 0.2) is 18.2 Å². The van der Waals surface area contributed by atoms with E-state index in [1.807, 2.05) is 6.92 Å². The van der Waals surface area contributed by atoms with Crippen LogP contribution in [0.4, 0.5) is 17.1 Å². The van der Waals surface area contributed by atoms with E-state index in [1.54, 1.807) is 13.0 Å². The van der Waals surface area contributed by atoms with Crippen molar-refractivity contribution in [3.05, 3.63) is 28.3 Å². The molecule has 0 aliphatic rings. The minimum absolute atomic E-state index is 0.00388. The van der Waals surface area contributed by atoms with E-state index in [2.05, 4.69) is 10.6 Å². The van der Waals surface area contributed by atoms with Gasteiger partial charge in [0, 0.05) is 42.3 Å². The third kappa shape index (κ3) is 5.99. The molecule has 0 bridgehead atoms. The lowest BCUT2D eigenvalue weighted by atomic mass is 10.2. The summed E-state index contributed by atoms with van der Waals surface area (Å²) in [6.07, 6.45) is 0.903. The molecule has 1 aromatic carbocycles. The lowest BCUT2D eigenvalue weighted by molar-refractivity contribution is -0.384. The molecule has 0 unspecified atom stereocenters. The standard InChI is InChI=1S/C13H21N3O4S/c1-3-5-14-11-8-12(10-13(9-11)16(17)18)15-6-7-21(19,20)4-2/h8-10,14-15H,3-7H2,1-2H3. The fraction of sp³-hybridized carbons (Fsp3) is 0.538. The van der Waals surface area contributed by atoms with Gasteiger partial charge in [-0.2, -0.15) is 0 Å². The van der Waals surface area contributed by atoms with Crippen molar-refractivity contribution in [2.24, 2.45) is 0 Å². The Morgan fingerprint density at radius 3 is 2.14 bits per heavy atom. The highest BCUT2D eigenvalue weighted by Crippen LogP contribution is 2.24. The van der Waals surface area contributed by atoms with Gasteiger partial charge in [-0.05, 0) is 12.5 Å². The summed E-state index contributed by atoms with van der Waals surface area (Å²) >= 11 is 0. The molecule has 7 nitrogen and oxygen atoms in total. The number of anilines is 2. The van der Waals surface area contributed by atoms with Crippen LogP contribution in [-0.4, -0.2) is 37.9 Å². The summed E-state index contributed by atoms with van der Waals surface area (Å²) in [5.74, 6) is 0.0941. The zero-order valence-electron chi connectivity index (χ0n) is 12.3. The lowest BCUT2D eigenvalue weighted by Crippen LogP contribution is -2.17. The Kier molecular flexibility index (Phi) is 6.41. The smallest absolute Gasteiger partial charge is 0.273 e. The number of sulfone groups is 1. The first kappa shape index (κ1) is 17.2. The van der Waals surface area contributed by atoms with Crippen LogP contribution in [0.5, 0.6) is 0 Å². The molecule has 21 heavy (non-hydrogen) atoms. The predicted molar refractivity (Wildman–Crippen MR) is 84.7 cm³/mol. The topological polar surface area (TPSA) is 101 Å². The fourth-order valence-electron chi connectivity index (χ4n) is 1.69. The molecule has 0 saturated heterocycles. The quantitative estimate of drug-likeness (QED) is 0.535. The number of nitro benzene ring substituents is 1. The molecule has 118 valence electrons. The average molecular weight is 315 g/mol. The number of nitrogens with zero attached hydrogens (tertiary/aromatic N) is 1. The van der Waals surface area contributed by atoms with Crippen molar-refractivity contribution in [1.29, 1.82) is 0 Å². The van der Waals surface area contributed by atoms with E-state index in [-0.39, 0.29) is 23.7 Å². The maximum Gasteiger partial charge on any atom is 0.273 e. The highest BCUT2D eigenvalue weighted by molar-refractivity contribution is 7.91. The second kappa shape index (κ2) is 7.82. The third-order valence-electron chi connectivity index (χ3n) is 2.89. The van der Waals surface area contributed by atoms with Gasteiger partial charge in [-0.15, -0.1) is 0 Å². The van der Waals surface area contributed by atoms with Gasteiger partial charge < -0.3 is 10.6 Å². The highest BCUT2D eigenvalue weighted by atomic mass is 32.2. The van der Waals surface area contributed by atoms with Crippen molar-refractivity contribution in [2.75, 3.05) is 35.2 Å². The molecule has 0 spiro atoms. The van der Waals surface area contributed by atoms with Gasteiger partial charge in [0.15, 0.2) is 9.84 Å². The van der Waals surface area contributed by atoms with Crippen molar-refractivity contribution >= 4 is 26.9 Å². The van der Waals surface area contributed by atoms with Crippen LogP contribution < -0.4 is 10.6 Å². The highest BCUT2D eigenvalue weighted by Gasteiger charge is 2.11. The second-order valence-corrected chi connectivity index (χ2v) is 7.09. The minimum atomic E-state index is -3.05. The summed E-state index contributed by atoms with van der Waals surface area (Å²) < 4.78 is 22.8. The molecule has 0 fully saturated rings. The van der Waals surface area contributed by atoms with E-state index >= 15 is 0 Å². The molecule has 1 aromatic rings. The maximum atomic E-state index is 11.4. The second-order valence-electron chi connectivity index (χ2n) is 4.62. The van der Waals surface area contributed by atoms with Crippen LogP contribution in [0.25, 0.3) is 0 Å². The number of hydrogen-bond donors (Lipinski definition) is 2. The number of non-ortho nitro benzene ring substituents is 1. The van der Waals surface area contributed by atoms with Gasteiger partial charge in [0.1, 0.15) is 0 Å². The maximum absolute atomic E-state index is 11.4. The fourth-order valence-corrected chi connectivity index (χ4v) is 2.39. The monoisotopic (exact) mass is 315 g/mol. The van der Waals surface area contributed by atoms with Gasteiger partial charge in [0.25, 0.3) is 5.69 Å². The van der Waals surface area contributed by atoms with Crippen molar-refractivity contribution in [1.82, 2.24) is 0 Å². The third-order valence-corrected chi connectivity index (χ3v) is 4.60. The largest absolute Gasteiger partial charge is 0.385 e. The summed E-state index contributed by atoms with van der Waals surface area (Å²) in [7, 11) is -3.05. The molecule has 0 aliphatic carbocycles. The normalized spacial score (nSPS) is 11.1. The first-order valence-corrected chi connectivity index (χ1v) is 8.67. The average Bonchev–Trinajstić information content (AvgIpc) is 2.44. The first-order valence-electron chi connectivity index (χ1n) is 6.85. The molecule has 1 rings (SSSR count). The Hall–Kier alpha value is -1.83. The molecule has 0 aliphatic heterocycles. The molecule has 2 N–H and O–H groups in total. The molecule has 0 saturated carbocycles. The van der Waals surface area contributed by atoms with E-state index in [1.165, 1.54) is 12.1 Å². The van der Waals surface area contributed by atoms with Crippen LogP contribution >= 0.6 is 0 Å². The van der Waals surface area contributed by atoms with Crippen LogP contribution in [0.3, 0.4) is 0 Å². The van der Waals surface area contributed by atoms with Gasteiger partial charge in [0.2, 0.25) is 0 Å². The van der Waals surface area contributed by atoms with Crippen LogP contribution in [0, 0.1) is 10.1 Å². The van der Waals surface area contributed by atoms with Gasteiger partial charge >= 0.3 is 0 Å². The van der Waals surface area contributed by atoms with Gasteiger partial charge in [-0.3, -0.25) is 10.1 Å². The summed E-state index contributed by atoms with van der Waals surface area (Å²) in [6, 6.07) is 4.60. The van der Waals surface area contributed by atoms with Gasteiger partial charge in [0.05, 0.1) is 10.7 Å². The van der Waals surface area contributed by atoms with Crippen LogP contribution in [0.1, 0.15) is 20.3 Å². The Morgan fingerprint density at radius 1 is 1.10 bits per heavy atom. The Bertz CT molecular complexity index is 587. The zero-order chi connectivity index (χ0) is 15.9.